The highest BCUT2D eigenvalue weighted by Crippen LogP contribution is 2.49. The fourth-order valence-electron chi connectivity index (χ4n) is 12.5. The van der Waals surface area contributed by atoms with E-state index in [1.807, 2.05) is 12.1 Å². The van der Waals surface area contributed by atoms with Gasteiger partial charge in [0.1, 0.15) is 23.0 Å². The summed E-state index contributed by atoms with van der Waals surface area (Å²) in [6.45, 7) is -0.346. The summed E-state index contributed by atoms with van der Waals surface area (Å²) >= 11 is 0. The molecule has 4 nitrogen and oxygen atoms in total. The van der Waals surface area contributed by atoms with Crippen LogP contribution in [0.5, 0.6) is 23.0 Å². The van der Waals surface area contributed by atoms with Gasteiger partial charge in [0.2, 0.25) is 0 Å². The lowest BCUT2D eigenvalue weighted by Crippen LogP contribution is -2.58. The highest BCUT2D eigenvalue weighted by Gasteiger charge is 2.44. The average molecular weight is 891 g/mol. The van der Waals surface area contributed by atoms with E-state index in [0.29, 0.717) is 12.1 Å². The van der Waals surface area contributed by atoms with Crippen LogP contribution in [0, 0.1) is 0 Å². The predicted octanol–water partition coefficient (Wildman–Crippen LogP) is 12.7. The molecule has 4 aliphatic heterocycles. The molecule has 4 aliphatic rings. The second-order valence-electron chi connectivity index (χ2n) is 18.9. The zero-order valence-electron chi connectivity index (χ0n) is 39.7. The molecule has 12 aromatic carbocycles. The minimum absolute atomic E-state index is 0.173. The van der Waals surface area contributed by atoms with Gasteiger partial charge in [0.05, 0.1) is 14.1 Å². The molecule has 0 amide bonds. The largest absolute Gasteiger partial charge is 0.458 e. The van der Waals surface area contributed by atoms with Gasteiger partial charge in [-0.1, -0.05) is 156 Å². The van der Waals surface area contributed by atoms with E-state index >= 15 is 0 Å². The maximum Gasteiger partial charge on any atom is 0.252 e. The highest BCUT2D eigenvalue weighted by molar-refractivity contribution is 7.01. The van der Waals surface area contributed by atoms with Crippen LogP contribution in [0.25, 0.3) is 54.6 Å². The van der Waals surface area contributed by atoms with E-state index in [9.17, 15) is 2.74 Å². The number of nitrogens with zero attached hydrogens (tertiary/aromatic N) is 2. The summed E-state index contributed by atoms with van der Waals surface area (Å²) in [5.41, 5.74) is 16.8. The molecule has 0 atom stereocenters. The monoisotopic (exact) mass is 890 g/mol. The Morgan fingerprint density at radius 2 is 0.657 bits per heavy atom. The Morgan fingerprint density at radius 1 is 0.300 bits per heavy atom. The quantitative estimate of drug-likeness (QED) is 0.123. The maximum atomic E-state index is 10.2. The van der Waals surface area contributed by atoms with Crippen LogP contribution in [0.15, 0.2) is 230 Å². The SMILES string of the molecule is [2H]c1cc2c3c(cc4c([2H])cc5c6c(cc1c3c46)B1c3ccccc3Oc3cc(N(c4ccccc4)c4ccccc4)cc-5c31)B1c3ccccc3Oc3cc(N(c4ccccc4)c4ccccc4)cc-2c31. The number of fused-ring (bicyclic) bond motifs is 8. The van der Waals surface area contributed by atoms with Gasteiger partial charge in [-0.25, -0.2) is 0 Å². The number of para-hydroxylation sites is 6. The molecule has 6 heteroatoms. The van der Waals surface area contributed by atoms with Crippen molar-refractivity contribution in [2.75, 3.05) is 9.80 Å². The molecule has 0 aromatic heterocycles. The van der Waals surface area contributed by atoms with Crippen molar-refractivity contribution in [1.82, 2.24) is 0 Å². The van der Waals surface area contributed by atoms with Crippen molar-refractivity contribution in [2.45, 2.75) is 0 Å². The minimum atomic E-state index is -0.173. The third-order valence-electron chi connectivity index (χ3n) is 15.3. The lowest BCUT2D eigenvalue weighted by molar-refractivity contribution is 0.487. The number of anilines is 6. The van der Waals surface area contributed by atoms with Gasteiger partial charge in [0, 0.05) is 34.9 Å². The van der Waals surface area contributed by atoms with Crippen molar-refractivity contribution in [1.29, 1.82) is 0 Å². The first kappa shape index (κ1) is 36.1. The standard InChI is InChI=1S/C64H38B2N2O2/c1-5-17-41(18-6-1)67(42-19-7-2-8-20-42)45-35-49-47-31-29-39-34-54-62-48(32-30-40-33-53(61(47)59(39)60(40)62)65-51-25-13-15-27-55(51)69-57(37-45)63(49)65)50-36-46(38-58-64(50)66(54)52-26-14-16-28-56(52)70-58)68(43-21-9-3-10-22-43)44-23-11-4-12-24-44/h1-38H/i29D,30D. The van der Waals surface area contributed by atoms with Gasteiger partial charge in [0.25, 0.3) is 13.4 Å². The van der Waals surface area contributed by atoms with Crippen molar-refractivity contribution < 1.29 is 12.2 Å². The van der Waals surface area contributed by atoms with Crippen LogP contribution in [0.1, 0.15) is 2.74 Å². The first-order valence-electron chi connectivity index (χ1n) is 25.1. The highest BCUT2D eigenvalue weighted by atomic mass is 16.5. The van der Waals surface area contributed by atoms with Crippen LogP contribution in [-0.4, -0.2) is 13.4 Å². The van der Waals surface area contributed by atoms with Crippen molar-refractivity contribution in [3.8, 4) is 45.3 Å². The first-order valence-corrected chi connectivity index (χ1v) is 24.1. The second kappa shape index (κ2) is 14.3. The van der Waals surface area contributed by atoms with Crippen molar-refractivity contribution in [3.63, 3.8) is 0 Å². The molecule has 0 spiro atoms. The molecule has 0 bridgehead atoms. The summed E-state index contributed by atoms with van der Waals surface area (Å²) in [5, 5.41) is 6.12. The molecule has 70 heavy (non-hydrogen) atoms. The molecule has 0 N–H and O–H groups in total. The Hall–Kier alpha value is -8.99. The zero-order chi connectivity index (χ0) is 47.3. The third-order valence-corrected chi connectivity index (χ3v) is 15.3. The van der Waals surface area contributed by atoms with Crippen LogP contribution in [0.3, 0.4) is 0 Å². The molecule has 0 unspecified atom stereocenters. The molecular formula is C64H38B2N2O2. The lowest BCUT2D eigenvalue weighted by Gasteiger charge is -2.37. The Balaban J connectivity index is 1.02. The third kappa shape index (κ3) is 5.22. The van der Waals surface area contributed by atoms with Gasteiger partial charge in [-0.2, -0.15) is 0 Å². The fraction of sp³-hybridized carbons (Fsp3) is 0. The molecule has 12 aromatic rings. The van der Waals surface area contributed by atoms with E-state index in [2.05, 4.69) is 216 Å². The van der Waals surface area contributed by atoms with E-state index < -0.39 is 0 Å². The summed E-state index contributed by atoms with van der Waals surface area (Å²) in [6.07, 6.45) is 0. The van der Waals surface area contributed by atoms with Gasteiger partial charge in [0.15, 0.2) is 0 Å². The van der Waals surface area contributed by atoms with Gasteiger partial charge < -0.3 is 19.3 Å². The van der Waals surface area contributed by atoms with Crippen LogP contribution in [0.4, 0.5) is 34.1 Å². The van der Waals surface area contributed by atoms with Gasteiger partial charge in [-0.3, -0.25) is 0 Å². The van der Waals surface area contributed by atoms with E-state index in [4.69, 9.17) is 9.47 Å². The Labute approximate surface area is 408 Å². The normalized spacial score (nSPS) is 13.4. The van der Waals surface area contributed by atoms with Crippen LogP contribution >= 0.6 is 0 Å². The summed E-state index contributed by atoms with van der Waals surface area (Å²) in [5.74, 6) is 3.24. The predicted molar refractivity (Wildman–Crippen MR) is 293 cm³/mol. The second-order valence-corrected chi connectivity index (χ2v) is 18.9. The molecular weight excluding hydrogens is 850 g/mol. The van der Waals surface area contributed by atoms with E-state index in [1.165, 1.54) is 0 Å². The van der Waals surface area contributed by atoms with E-state index in [-0.39, 0.29) is 13.4 Å². The Morgan fingerprint density at radius 3 is 1.04 bits per heavy atom. The molecule has 0 saturated heterocycles. The topological polar surface area (TPSA) is 24.9 Å². The van der Waals surface area contributed by atoms with Crippen LogP contribution < -0.4 is 52.1 Å². The summed E-state index contributed by atoms with van der Waals surface area (Å²) in [6, 6.07) is 77.6. The Kier molecular flexibility index (Phi) is 7.36. The first-order chi connectivity index (χ1) is 35.6. The zero-order valence-corrected chi connectivity index (χ0v) is 37.7. The van der Waals surface area contributed by atoms with Gasteiger partial charge >= 0.3 is 0 Å². The molecule has 0 fully saturated rings. The molecule has 0 aliphatic carbocycles. The average Bonchev–Trinajstić information content (AvgIpc) is 3.42. The number of hydrogen-bond donors (Lipinski definition) is 0. The molecule has 4 heterocycles. The van der Waals surface area contributed by atoms with Gasteiger partial charge in [-0.15, -0.1) is 0 Å². The number of rotatable bonds is 6. The van der Waals surface area contributed by atoms with E-state index in [1.54, 1.807) is 0 Å². The lowest BCUT2D eigenvalue weighted by atomic mass is 9.32. The number of hydrogen-bond acceptors (Lipinski definition) is 4. The maximum absolute atomic E-state index is 10.2. The summed E-state index contributed by atoms with van der Waals surface area (Å²) in [4.78, 5) is 4.59. The molecule has 16 rings (SSSR count). The Bertz CT molecular complexity index is 3920. The van der Waals surface area contributed by atoms with Crippen molar-refractivity contribution >= 4 is 113 Å². The van der Waals surface area contributed by atoms with Crippen LogP contribution in [0.2, 0.25) is 0 Å². The molecule has 0 radical (unpaired) electrons. The van der Waals surface area contributed by atoms with Crippen LogP contribution in [-0.2, 0) is 0 Å². The van der Waals surface area contributed by atoms with E-state index in [0.717, 1.165) is 144 Å². The fourth-order valence-corrected chi connectivity index (χ4v) is 12.5. The minimum Gasteiger partial charge on any atom is -0.458 e. The number of benzene rings is 12. The van der Waals surface area contributed by atoms with Gasteiger partial charge in [-0.05, 0) is 149 Å². The molecule has 322 valence electrons. The summed E-state index contributed by atoms with van der Waals surface area (Å²) in [7, 11) is 0. The van der Waals surface area contributed by atoms with Crippen molar-refractivity contribution in [3.05, 3.63) is 230 Å². The smallest absolute Gasteiger partial charge is 0.252 e. The molecule has 0 saturated carbocycles. The number of ether oxygens (including phenoxy) is 2. The summed E-state index contributed by atoms with van der Waals surface area (Å²) < 4.78 is 34.3. The van der Waals surface area contributed by atoms with Crippen molar-refractivity contribution in [2.24, 2.45) is 0 Å².